The summed E-state index contributed by atoms with van der Waals surface area (Å²) in [5.74, 6) is -0.126. The minimum absolute atomic E-state index is 0.0864. The first-order chi connectivity index (χ1) is 16.2. The maximum Gasteiger partial charge on any atom is 0.314 e. The Morgan fingerprint density at radius 3 is 2.00 bits per heavy atom. The second kappa shape index (κ2) is 11.0. The summed E-state index contributed by atoms with van der Waals surface area (Å²) in [5, 5.41) is 5.70. The molecule has 0 saturated carbocycles. The molecule has 1 saturated heterocycles. The molecule has 2 N–H and O–H groups in total. The molecular formula is C27H31FN4O. The quantitative estimate of drug-likeness (QED) is 0.566. The Bertz CT molecular complexity index is 1010. The second-order valence-electron chi connectivity index (χ2n) is 8.33. The number of rotatable bonds is 7. The third-order valence-corrected chi connectivity index (χ3v) is 6.36. The Hall–Kier alpha value is -3.38. The van der Waals surface area contributed by atoms with Gasteiger partial charge in [0, 0.05) is 57.4 Å². The lowest BCUT2D eigenvalue weighted by molar-refractivity contribution is 0.159. The number of piperazine rings is 1. The first-order valence-electron chi connectivity index (χ1n) is 11.5. The van der Waals surface area contributed by atoms with Crippen LogP contribution in [0, 0.1) is 5.82 Å². The molecule has 5 nitrogen and oxygen atoms in total. The van der Waals surface area contributed by atoms with E-state index in [1.165, 1.54) is 23.3 Å². The summed E-state index contributed by atoms with van der Waals surface area (Å²) >= 11 is 0. The highest BCUT2D eigenvalue weighted by Crippen LogP contribution is 2.36. The van der Waals surface area contributed by atoms with E-state index in [1.54, 1.807) is 7.05 Å². The zero-order valence-corrected chi connectivity index (χ0v) is 19.0. The van der Waals surface area contributed by atoms with Crippen molar-refractivity contribution in [2.24, 2.45) is 0 Å². The Morgan fingerprint density at radius 2 is 1.42 bits per heavy atom. The van der Waals surface area contributed by atoms with Crippen molar-refractivity contribution >= 4 is 11.7 Å². The number of hydrogen-bond donors (Lipinski definition) is 2. The van der Waals surface area contributed by atoms with Crippen LogP contribution in [0.1, 0.15) is 23.1 Å². The molecule has 0 aromatic heterocycles. The van der Waals surface area contributed by atoms with E-state index in [0.717, 1.165) is 31.9 Å². The van der Waals surface area contributed by atoms with Crippen LogP contribution in [0.25, 0.3) is 0 Å². The van der Waals surface area contributed by atoms with Gasteiger partial charge in [0.25, 0.3) is 0 Å². The molecule has 2 amide bonds. The number of halogens is 1. The van der Waals surface area contributed by atoms with Crippen LogP contribution in [-0.4, -0.2) is 50.7 Å². The third kappa shape index (κ3) is 5.71. The zero-order chi connectivity index (χ0) is 23.0. The van der Waals surface area contributed by atoms with Gasteiger partial charge < -0.3 is 15.5 Å². The number of carbonyl (C=O) groups is 1. The van der Waals surface area contributed by atoms with Gasteiger partial charge in [0.05, 0.1) is 0 Å². The first kappa shape index (κ1) is 22.8. The minimum Gasteiger partial charge on any atom is -0.369 e. The third-order valence-electron chi connectivity index (χ3n) is 6.36. The van der Waals surface area contributed by atoms with Gasteiger partial charge in [-0.1, -0.05) is 60.7 Å². The Labute approximate surface area is 195 Å². The van der Waals surface area contributed by atoms with E-state index in [0.29, 0.717) is 6.54 Å². The van der Waals surface area contributed by atoms with Gasteiger partial charge in [-0.25, -0.2) is 9.18 Å². The molecule has 1 aliphatic rings. The SMILES string of the molecule is CNC(=O)NC[C@H](c1ccccc1)[C@@H](c1ccccc1)N1CCN(c2ccc(F)cc2)CC1. The topological polar surface area (TPSA) is 47.6 Å². The van der Waals surface area contributed by atoms with Crippen molar-refractivity contribution in [3.63, 3.8) is 0 Å². The molecule has 172 valence electrons. The maximum atomic E-state index is 13.4. The molecule has 0 spiro atoms. The van der Waals surface area contributed by atoms with E-state index >= 15 is 0 Å². The average Bonchev–Trinajstić information content (AvgIpc) is 2.88. The van der Waals surface area contributed by atoms with Crippen molar-refractivity contribution in [3.8, 4) is 0 Å². The van der Waals surface area contributed by atoms with E-state index < -0.39 is 0 Å². The monoisotopic (exact) mass is 446 g/mol. The second-order valence-corrected chi connectivity index (χ2v) is 8.33. The van der Waals surface area contributed by atoms with Crippen LogP contribution < -0.4 is 15.5 Å². The van der Waals surface area contributed by atoms with Crippen LogP contribution in [0.2, 0.25) is 0 Å². The van der Waals surface area contributed by atoms with Gasteiger partial charge in [-0.05, 0) is 35.4 Å². The lowest BCUT2D eigenvalue weighted by atomic mass is 9.85. The smallest absolute Gasteiger partial charge is 0.314 e. The maximum absolute atomic E-state index is 13.4. The van der Waals surface area contributed by atoms with E-state index in [2.05, 4.69) is 69.0 Å². The fourth-order valence-corrected chi connectivity index (χ4v) is 4.66. The van der Waals surface area contributed by atoms with Crippen LogP contribution in [0.5, 0.6) is 0 Å². The molecule has 0 radical (unpaired) electrons. The fourth-order valence-electron chi connectivity index (χ4n) is 4.66. The molecule has 0 aliphatic carbocycles. The van der Waals surface area contributed by atoms with Gasteiger partial charge in [-0.15, -0.1) is 0 Å². The normalized spacial score (nSPS) is 16.1. The molecule has 2 atom stereocenters. The van der Waals surface area contributed by atoms with Crippen molar-refractivity contribution in [2.45, 2.75) is 12.0 Å². The Kier molecular flexibility index (Phi) is 7.58. The lowest BCUT2D eigenvalue weighted by Gasteiger charge is -2.43. The van der Waals surface area contributed by atoms with Crippen molar-refractivity contribution in [1.82, 2.24) is 15.5 Å². The number of anilines is 1. The van der Waals surface area contributed by atoms with Crippen LogP contribution >= 0.6 is 0 Å². The fraction of sp³-hybridized carbons (Fsp3) is 0.296. The molecule has 1 aliphatic heterocycles. The number of urea groups is 1. The summed E-state index contributed by atoms with van der Waals surface area (Å²) in [6.45, 7) is 4.00. The molecule has 33 heavy (non-hydrogen) atoms. The Balaban J connectivity index is 1.60. The molecule has 4 rings (SSSR count). The summed E-state index contributed by atoms with van der Waals surface area (Å²) in [6.07, 6.45) is 0. The number of benzene rings is 3. The number of carbonyl (C=O) groups excluding carboxylic acids is 1. The highest BCUT2D eigenvalue weighted by atomic mass is 19.1. The molecule has 3 aromatic carbocycles. The molecular weight excluding hydrogens is 415 g/mol. The number of amides is 2. The van der Waals surface area contributed by atoms with Crippen LogP contribution in [0.3, 0.4) is 0 Å². The molecule has 3 aromatic rings. The molecule has 6 heteroatoms. The van der Waals surface area contributed by atoms with Crippen molar-refractivity contribution < 1.29 is 9.18 Å². The largest absolute Gasteiger partial charge is 0.369 e. The van der Waals surface area contributed by atoms with Gasteiger partial charge in [-0.2, -0.15) is 0 Å². The van der Waals surface area contributed by atoms with Gasteiger partial charge in [0.1, 0.15) is 5.82 Å². The van der Waals surface area contributed by atoms with Gasteiger partial charge >= 0.3 is 6.03 Å². The highest BCUT2D eigenvalue weighted by molar-refractivity contribution is 5.73. The summed E-state index contributed by atoms with van der Waals surface area (Å²) < 4.78 is 13.4. The summed E-state index contributed by atoms with van der Waals surface area (Å²) in [5.41, 5.74) is 3.48. The summed E-state index contributed by atoms with van der Waals surface area (Å²) in [6, 6.07) is 27.6. The lowest BCUT2D eigenvalue weighted by Crippen LogP contribution is -2.50. The highest BCUT2D eigenvalue weighted by Gasteiger charge is 2.32. The van der Waals surface area contributed by atoms with E-state index in [9.17, 15) is 9.18 Å². The number of hydrogen-bond acceptors (Lipinski definition) is 3. The molecule has 1 heterocycles. The van der Waals surface area contributed by atoms with Crippen molar-refractivity contribution in [3.05, 3.63) is 102 Å². The van der Waals surface area contributed by atoms with Crippen molar-refractivity contribution in [1.29, 1.82) is 0 Å². The van der Waals surface area contributed by atoms with Crippen LogP contribution in [0.15, 0.2) is 84.9 Å². The average molecular weight is 447 g/mol. The molecule has 0 bridgehead atoms. The summed E-state index contributed by atoms with van der Waals surface area (Å²) in [7, 11) is 1.64. The van der Waals surface area contributed by atoms with Gasteiger partial charge in [-0.3, -0.25) is 4.90 Å². The molecule has 1 fully saturated rings. The van der Waals surface area contributed by atoms with Gasteiger partial charge in [0.15, 0.2) is 0 Å². The van der Waals surface area contributed by atoms with E-state index in [-0.39, 0.29) is 23.8 Å². The zero-order valence-electron chi connectivity index (χ0n) is 19.0. The van der Waals surface area contributed by atoms with Crippen molar-refractivity contribution in [2.75, 3.05) is 44.7 Å². The van der Waals surface area contributed by atoms with Crippen LogP contribution in [-0.2, 0) is 0 Å². The predicted octanol–water partition coefficient (Wildman–Crippen LogP) is 4.40. The Morgan fingerprint density at radius 1 is 0.848 bits per heavy atom. The molecule has 0 unspecified atom stereocenters. The van der Waals surface area contributed by atoms with E-state index in [4.69, 9.17) is 0 Å². The first-order valence-corrected chi connectivity index (χ1v) is 11.5. The standard InChI is InChI=1S/C27H31FN4O/c1-29-27(33)30-20-25(21-8-4-2-5-9-21)26(22-10-6-3-7-11-22)32-18-16-31(17-19-32)24-14-12-23(28)13-15-24/h2-15,25-26H,16-20H2,1H3,(H2,29,30,33)/t25-,26-/m1/s1. The summed E-state index contributed by atoms with van der Waals surface area (Å²) in [4.78, 5) is 16.9. The number of nitrogens with zero attached hydrogens (tertiary/aromatic N) is 2. The van der Waals surface area contributed by atoms with E-state index in [1.807, 2.05) is 24.3 Å². The van der Waals surface area contributed by atoms with Crippen LogP contribution in [0.4, 0.5) is 14.9 Å². The minimum atomic E-state index is -0.212. The predicted molar refractivity (Wildman–Crippen MR) is 131 cm³/mol. The number of nitrogens with one attached hydrogen (secondary N) is 2. The van der Waals surface area contributed by atoms with Gasteiger partial charge in [0.2, 0.25) is 0 Å².